The molecule has 0 N–H and O–H groups in total. The first-order chi connectivity index (χ1) is 7.38. The molecule has 1 heterocycles. The zero-order valence-corrected chi connectivity index (χ0v) is 10.8. The maximum absolute atomic E-state index is 12.4. The summed E-state index contributed by atoms with van der Waals surface area (Å²) in [5.74, 6) is -1.65. The average molecular weight is 347 g/mol. The first kappa shape index (κ1) is 12.4. The largest absolute Gasteiger partial charge is 0.471 e. The summed E-state index contributed by atoms with van der Waals surface area (Å²) >= 11 is 2.05. The molecular formula is C10H13F3INO. The van der Waals surface area contributed by atoms with E-state index in [1.807, 2.05) is 0 Å². The van der Waals surface area contributed by atoms with Gasteiger partial charge in [-0.25, -0.2) is 0 Å². The lowest BCUT2D eigenvalue weighted by molar-refractivity contribution is -0.189. The number of rotatable bonds is 1. The summed E-state index contributed by atoms with van der Waals surface area (Å²) in [7, 11) is 0. The van der Waals surface area contributed by atoms with Gasteiger partial charge in [0.1, 0.15) is 0 Å². The van der Waals surface area contributed by atoms with Crippen LogP contribution in [0.4, 0.5) is 13.2 Å². The van der Waals surface area contributed by atoms with Crippen molar-refractivity contribution < 1.29 is 18.0 Å². The Morgan fingerprint density at radius 1 is 1.38 bits per heavy atom. The second kappa shape index (κ2) is 4.03. The molecule has 1 saturated carbocycles. The number of piperidine rings is 1. The van der Waals surface area contributed by atoms with E-state index in [9.17, 15) is 18.0 Å². The molecule has 1 atom stereocenters. The van der Waals surface area contributed by atoms with Crippen molar-refractivity contribution >= 4 is 28.5 Å². The average Bonchev–Trinajstić information content (AvgIpc) is 2.95. The van der Waals surface area contributed by atoms with Crippen molar-refractivity contribution in [3.63, 3.8) is 0 Å². The van der Waals surface area contributed by atoms with Gasteiger partial charge in [-0.2, -0.15) is 13.2 Å². The third kappa shape index (κ3) is 2.31. The van der Waals surface area contributed by atoms with E-state index < -0.39 is 12.1 Å². The summed E-state index contributed by atoms with van der Waals surface area (Å²) in [6.07, 6.45) is -1.09. The molecule has 0 radical (unpaired) electrons. The number of carbonyl (C=O) groups excluding carboxylic acids is 1. The van der Waals surface area contributed by atoms with Gasteiger partial charge in [0.05, 0.1) is 0 Å². The Morgan fingerprint density at radius 3 is 2.44 bits per heavy atom. The highest BCUT2D eigenvalue weighted by atomic mass is 127. The van der Waals surface area contributed by atoms with Gasteiger partial charge < -0.3 is 4.90 Å². The Bertz CT molecular complexity index is 301. The van der Waals surface area contributed by atoms with Crippen LogP contribution in [0.3, 0.4) is 0 Å². The van der Waals surface area contributed by atoms with E-state index in [0.29, 0.717) is 17.4 Å². The van der Waals surface area contributed by atoms with E-state index in [1.165, 1.54) is 0 Å². The zero-order chi connectivity index (χ0) is 12.0. The molecule has 0 aromatic heterocycles. The lowest BCUT2D eigenvalue weighted by Crippen LogP contribution is -2.53. The number of alkyl halides is 4. The van der Waals surface area contributed by atoms with Crippen molar-refractivity contribution in [3.8, 4) is 0 Å². The molecule has 1 amide bonds. The van der Waals surface area contributed by atoms with Gasteiger partial charge in [-0.3, -0.25) is 4.79 Å². The molecule has 1 saturated heterocycles. The third-order valence-electron chi connectivity index (χ3n) is 3.59. The Morgan fingerprint density at radius 2 is 2.00 bits per heavy atom. The van der Waals surface area contributed by atoms with Crippen LogP contribution in [0.1, 0.15) is 25.7 Å². The summed E-state index contributed by atoms with van der Waals surface area (Å²) in [5, 5.41) is 0. The SMILES string of the molecule is O=C(N1CC2(CCC1CI)CC2)C(F)(F)F. The van der Waals surface area contributed by atoms with Crippen molar-refractivity contribution in [1.29, 1.82) is 0 Å². The van der Waals surface area contributed by atoms with E-state index in [4.69, 9.17) is 0 Å². The second-order valence-electron chi connectivity index (χ2n) is 4.78. The summed E-state index contributed by atoms with van der Waals surface area (Å²) in [4.78, 5) is 12.4. The molecule has 1 unspecified atom stereocenters. The fourth-order valence-electron chi connectivity index (χ4n) is 2.34. The van der Waals surface area contributed by atoms with Crippen LogP contribution in [-0.4, -0.2) is 34.0 Å². The van der Waals surface area contributed by atoms with Gasteiger partial charge in [0.25, 0.3) is 0 Å². The van der Waals surface area contributed by atoms with Crippen molar-refractivity contribution in [2.45, 2.75) is 37.9 Å². The third-order valence-corrected chi connectivity index (χ3v) is 4.61. The number of likely N-dealkylation sites (tertiary alicyclic amines) is 1. The van der Waals surface area contributed by atoms with Crippen LogP contribution in [0, 0.1) is 5.41 Å². The Kier molecular flexibility index (Phi) is 3.13. The minimum atomic E-state index is -4.72. The maximum atomic E-state index is 12.4. The zero-order valence-electron chi connectivity index (χ0n) is 8.69. The number of halogens is 4. The minimum Gasteiger partial charge on any atom is -0.331 e. The number of nitrogens with zero attached hydrogens (tertiary/aromatic N) is 1. The molecule has 1 spiro atoms. The van der Waals surface area contributed by atoms with Crippen LogP contribution in [0.15, 0.2) is 0 Å². The van der Waals surface area contributed by atoms with Crippen LogP contribution >= 0.6 is 22.6 Å². The maximum Gasteiger partial charge on any atom is 0.471 e. The molecule has 0 aromatic rings. The van der Waals surface area contributed by atoms with E-state index in [1.54, 1.807) is 0 Å². The van der Waals surface area contributed by atoms with E-state index in [2.05, 4.69) is 22.6 Å². The quantitative estimate of drug-likeness (QED) is 0.528. The predicted octanol–water partition coefficient (Wildman–Crippen LogP) is 2.75. The predicted molar refractivity (Wildman–Crippen MR) is 61.3 cm³/mol. The van der Waals surface area contributed by atoms with Gasteiger partial charge in [-0.05, 0) is 31.1 Å². The fourth-order valence-corrected chi connectivity index (χ4v) is 3.26. The molecule has 16 heavy (non-hydrogen) atoms. The molecule has 6 heteroatoms. The van der Waals surface area contributed by atoms with Crippen molar-refractivity contribution in [1.82, 2.24) is 4.90 Å². The van der Waals surface area contributed by atoms with Crippen LogP contribution in [0.2, 0.25) is 0 Å². The highest BCUT2D eigenvalue weighted by Crippen LogP contribution is 2.53. The lowest BCUT2D eigenvalue weighted by Gasteiger charge is -2.39. The Labute approximate surface area is 106 Å². The first-order valence-electron chi connectivity index (χ1n) is 5.32. The highest BCUT2D eigenvalue weighted by Gasteiger charge is 2.53. The monoisotopic (exact) mass is 347 g/mol. The van der Waals surface area contributed by atoms with Gasteiger partial charge in [0, 0.05) is 17.0 Å². The van der Waals surface area contributed by atoms with Gasteiger partial charge in [0.15, 0.2) is 0 Å². The molecule has 0 aromatic carbocycles. The van der Waals surface area contributed by atoms with Crippen LogP contribution in [-0.2, 0) is 4.79 Å². The topological polar surface area (TPSA) is 20.3 Å². The van der Waals surface area contributed by atoms with E-state index >= 15 is 0 Å². The molecule has 92 valence electrons. The number of hydrogen-bond acceptors (Lipinski definition) is 1. The molecule has 1 aliphatic heterocycles. The molecular weight excluding hydrogens is 334 g/mol. The van der Waals surface area contributed by atoms with Gasteiger partial charge >= 0.3 is 12.1 Å². The molecule has 2 nitrogen and oxygen atoms in total. The second-order valence-corrected chi connectivity index (χ2v) is 5.66. The van der Waals surface area contributed by atoms with E-state index in [-0.39, 0.29) is 11.5 Å². The van der Waals surface area contributed by atoms with Crippen molar-refractivity contribution in [3.05, 3.63) is 0 Å². The standard InChI is InChI=1S/C10H13F3INO/c11-10(12,13)8(16)15-6-9(3-4-9)2-1-7(15)5-14/h7H,1-6H2. The molecule has 0 bridgehead atoms. The summed E-state index contributed by atoms with van der Waals surface area (Å²) in [6, 6.07) is -0.235. The van der Waals surface area contributed by atoms with Crippen molar-refractivity contribution in [2.75, 3.05) is 11.0 Å². The summed E-state index contributed by atoms with van der Waals surface area (Å²) in [6.45, 7) is 0.305. The minimum absolute atomic E-state index is 0.0310. The molecule has 2 aliphatic rings. The van der Waals surface area contributed by atoms with Crippen LogP contribution in [0.25, 0.3) is 0 Å². The van der Waals surface area contributed by atoms with Gasteiger partial charge in [-0.15, -0.1) is 0 Å². The summed E-state index contributed by atoms with van der Waals surface area (Å²) in [5.41, 5.74) is 0.0310. The fraction of sp³-hybridized carbons (Fsp3) is 0.900. The Balaban J connectivity index is 2.12. The molecule has 1 aliphatic carbocycles. The summed E-state index contributed by atoms with van der Waals surface area (Å²) < 4.78 is 37.8. The first-order valence-corrected chi connectivity index (χ1v) is 6.84. The van der Waals surface area contributed by atoms with Gasteiger partial charge in [0.2, 0.25) is 0 Å². The highest BCUT2D eigenvalue weighted by molar-refractivity contribution is 14.1. The van der Waals surface area contributed by atoms with Crippen LogP contribution in [0.5, 0.6) is 0 Å². The Hall–Kier alpha value is -0.0100. The normalized spacial score (nSPS) is 28.2. The number of amides is 1. The molecule has 2 fully saturated rings. The molecule has 2 rings (SSSR count). The van der Waals surface area contributed by atoms with Crippen LogP contribution < -0.4 is 0 Å². The lowest BCUT2D eigenvalue weighted by atomic mass is 9.90. The van der Waals surface area contributed by atoms with E-state index in [0.717, 1.165) is 24.2 Å². The number of hydrogen-bond donors (Lipinski definition) is 0. The van der Waals surface area contributed by atoms with Crippen molar-refractivity contribution in [2.24, 2.45) is 5.41 Å². The number of carbonyl (C=O) groups is 1. The smallest absolute Gasteiger partial charge is 0.331 e. The van der Waals surface area contributed by atoms with Gasteiger partial charge in [-0.1, -0.05) is 22.6 Å².